The quantitative estimate of drug-likeness (QED) is 0.872. The van der Waals surface area contributed by atoms with Gasteiger partial charge in [0.2, 0.25) is 5.75 Å². The zero-order chi connectivity index (χ0) is 15.0. The second-order valence-electron chi connectivity index (χ2n) is 4.51. The third kappa shape index (κ3) is 2.29. The summed E-state index contributed by atoms with van der Waals surface area (Å²) in [5.74, 6) is 0.543. The summed E-state index contributed by atoms with van der Waals surface area (Å²) in [6.45, 7) is 1.31. The van der Waals surface area contributed by atoms with Crippen molar-refractivity contribution >= 4 is 17.4 Å². The number of methoxy groups -OCH3 is 2. The van der Waals surface area contributed by atoms with Gasteiger partial charge in [0.15, 0.2) is 16.3 Å². The van der Waals surface area contributed by atoms with Crippen LogP contribution in [0.4, 0.5) is 0 Å². The molecule has 0 unspecified atom stereocenters. The molecule has 0 atom stereocenters. The van der Waals surface area contributed by atoms with Crippen LogP contribution in [-0.4, -0.2) is 30.4 Å². The number of thiazole rings is 1. The molecule has 1 N–H and O–H groups in total. The molecule has 3 rings (SSSR count). The Morgan fingerprint density at radius 2 is 2.00 bits per heavy atom. The Hall–Kier alpha value is -2.28. The summed E-state index contributed by atoms with van der Waals surface area (Å²) >= 11 is 1.36. The highest BCUT2D eigenvalue weighted by atomic mass is 32.1. The van der Waals surface area contributed by atoms with Gasteiger partial charge >= 0.3 is 0 Å². The van der Waals surface area contributed by atoms with Gasteiger partial charge < -0.3 is 14.6 Å². The summed E-state index contributed by atoms with van der Waals surface area (Å²) < 4.78 is 12.5. The van der Waals surface area contributed by atoms with Crippen LogP contribution >= 0.6 is 11.3 Å². The molecule has 1 aromatic carbocycles. The zero-order valence-electron chi connectivity index (χ0n) is 11.6. The van der Waals surface area contributed by atoms with E-state index in [2.05, 4.69) is 4.99 Å². The number of aromatic hydroxyl groups is 1. The van der Waals surface area contributed by atoms with E-state index < -0.39 is 0 Å². The fourth-order valence-corrected chi connectivity index (χ4v) is 3.25. The van der Waals surface area contributed by atoms with Crippen molar-refractivity contribution in [1.82, 2.24) is 4.57 Å². The Labute approximate surface area is 124 Å². The Bertz CT molecular complexity index is 841. The SMILES string of the molecule is COc1cc(/C=c2\sc3n(c2=O)CCN=3)cc(OC)c1O. The maximum Gasteiger partial charge on any atom is 0.270 e. The van der Waals surface area contributed by atoms with Crippen molar-refractivity contribution in [3.05, 3.63) is 37.4 Å². The molecule has 110 valence electrons. The van der Waals surface area contributed by atoms with Gasteiger partial charge in [0.05, 0.1) is 25.3 Å². The summed E-state index contributed by atoms with van der Waals surface area (Å²) in [7, 11) is 2.93. The summed E-state index contributed by atoms with van der Waals surface area (Å²) in [5.41, 5.74) is 0.682. The topological polar surface area (TPSA) is 73.1 Å². The summed E-state index contributed by atoms with van der Waals surface area (Å²) in [6, 6.07) is 3.31. The monoisotopic (exact) mass is 306 g/mol. The van der Waals surface area contributed by atoms with Gasteiger partial charge in [0.1, 0.15) is 0 Å². The second-order valence-corrected chi connectivity index (χ2v) is 5.51. The zero-order valence-corrected chi connectivity index (χ0v) is 12.4. The number of rotatable bonds is 3. The molecular formula is C14H14N2O4S. The lowest BCUT2D eigenvalue weighted by molar-refractivity contribution is 0.340. The first-order valence-electron chi connectivity index (χ1n) is 6.35. The Kier molecular flexibility index (Phi) is 3.42. The first-order valence-corrected chi connectivity index (χ1v) is 7.16. The minimum absolute atomic E-state index is 0.0396. The normalized spacial score (nSPS) is 13.9. The maximum absolute atomic E-state index is 12.2. The molecule has 0 aliphatic carbocycles. The lowest BCUT2D eigenvalue weighted by Crippen LogP contribution is -2.29. The molecule has 2 heterocycles. The first kappa shape index (κ1) is 13.7. The molecule has 0 saturated carbocycles. The minimum atomic E-state index is -0.0578. The van der Waals surface area contributed by atoms with Gasteiger partial charge in [-0.3, -0.25) is 14.4 Å². The Balaban J connectivity index is 2.18. The molecule has 1 aliphatic heterocycles. The van der Waals surface area contributed by atoms with Gasteiger partial charge in [-0.05, 0) is 23.8 Å². The Morgan fingerprint density at radius 3 is 2.57 bits per heavy atom. The predicted octanol–water partition coefficient (Wildman–Crippen LogP) is 0.0946. The van der Waals surface area contributed by atoms with Crippen molar-refractivity contribution in [3.8, 4) is 17.2 Å². The number of phenolic OH excluding ortho intramolecular Hbond substituents is 1. The molecule has 0 saturated heterocycles. The van der Waals surface area contributed by atoms with Crippen LogP contribution in [0, 0.1) is 0 Å². The molecule has 0 amide bonds. The van der Waals surface area contributed by atoms with E-state index in [0.717, 1.165) is 10.4 Å². The largest absolute Gasteiger partial charge is 0.502 e. The van der Waals surface area contributed by atoms with E-state index in [4.69, 9.17) is 9.47 Å². The van der Waals surface area contributed by atoms with E-state index in [1.165, 1.54) is 25.6 Å². The fraction of sp³-hybridized carbons (Fsp3) is 0.286. The molecule has 21 heavy (non-hydrogen) atoms. The third-order valence-electron chi connectivity index (χ3n) is 3.26. The Morgan fingerprint density at radius 1 is 1.33 bits per heavy atom. The van der Waals surface area contributed by atoms with E-state index in [-0.39, 0.29) is 11.3 Å². The van der Waals surface area contributed by atoms with Crippen molar-refractivity contribution in [2.75, 3.05) is 20.8 Å². The molecule has 0 fully saturated rings. The average Bonchev–Trinajstić information content (AvgIpc) is 3.05. The minimum Gasteiger partial charge on any atom is -0.502 e. The van der Waals surface area contributed by atoms with E-state index in [0.29, 0.717) is 29.1 Å². The summed E-state index contributed by atoms with van der Waals surface area (Å²) in [6.07, 6.45) is 1.75. The number of benzene rings is 1. The molecule has 1 aromatic heterocycles. The predicted molar refractivity (Wildman–Crippen MR) is 79.0 cm³/mol. The molecule has 6 nitrogen and oxygen atoms in total. The van der Waals surface area contributed by atoms with Crippen LogP contribution < -0.4 is 24.4 Å². The van der Waals surface area contributed by atoms with Gasteiger partial charge in [0.25, 0.3) is 5.56 Å². The maximum atomic E-state index is 12.2. The van der Waals surface area contributed by atoms with Crippen LogP contribution in [0.2, 0.25) is 0 Å². The summed E-state index contributed by atoms with van der Waals surface area (Å²) in [4.78, 5) is 17.2. The lowest BCUT2D eigenvalue weighted by atomic mass is 10.1. The molecule has 0 radical (unpaired) electrons. The molecule has 2 aromatic rings. The molecular weight excluding hydrogens is 292 g/mol. The molecule has 0 bridgehead atoms. The summed E-state index contributed by atoms with van der Waals surface area (Å²) in [5, 5.41) is 9.89. The van der Waals surface area contributed by atoms with Crippen LogP contribution in [0.15, 0.2) is 21.9 Å². The van der Waals surface area contributed by atoms with Crippen molar-refractivity contribution in [2.45, 2.75) is 6.54 Å². The van der Waals surface area contributed by atoms with E-state index in [1.54, 1.807) is 22.8 Å². The van der Waals surface area contributed by atoms with Crippen LogP contribution in [0.1, 0.15) is 5.56 Å². The van der Waals surface area contributed by atoms with Crippen LogP contribution in [-0.2, 0) is 6.54 Å². The van der Waals surface area contributed by atoms with E-state index >= 15 is 0 Å². The second kappa shape index (κ2) is 5.25. The number of fused-ring (bicyclic) bond motifs is 1. The van der Waals surface area contributed by atoms with Gasteiger partial charge in [-0.1, -0.05) is 11.3 Å². The van der Waals surface area contributed by atoms with Gasteiger partial charge in [0, 0.05) is 6.54 Å². The number of phenols is 1. The van der Waals surface area contributed by atoms with Crippen molar-refractivity contribution < 1.29 is 14.6 Å². The number of nitrogens with zero attached hydrogens (tertiary/aromatic N) is 2. The first-order chi connectivity index (χ1) is 10.1. The van der Waals surface area contributed by atoms with Gasteiger partial charge in [-0.15, -0.1) is 0 Å². The highest BCUT2D eigenvalue weighted by Crippen LogP contribution is 2.37. The van der Waals surface area contributed by atoms with Gasteiger partial charge in [-0.25, -0.2) is 0 Å². The molecule has 1 aliphatic rings. The highest BCUT2D eigenvalue weighted by molar-refractivity contribution is 7.07. The van der Waals surface area contributed by atoms with Crippen LogP contribution in [0.25, 0.3) is 6.08 Å². The van der Waals surface area contributed by atoms with Crippen molar-refractivity contribution in [2.24, 2.45) is 4.99 Å². The van der Waals surface area contributed by atoms with Crippen LogP contribution in [0.5, 0.6) is 17.2 Å². The molecule has 0 spiro atoms. The average molecular weight is 306 g/mol. The number of hydrogen-bond acceptors (Lipinski definition) is 6. The standard InChI is InChI=1S/C14H14N2O4S/c1-19-9-5-8(6-10(20-2)12(9)17)7-11-13(18)16-4-3-15-14(16)21-11/h5-7,17H,3-4H2,1-2H3/b11-7-. The number of ether oxygens (including phenoxy) is 2. The molecule has 7 heteroatoms. The smallest absolute Gasteiger partial charge is 0.270 e. The van der Waals surface area contributed by atoms with Crippen molar-refractivity contribution in [3.63, 3.8) is 0 Å². The number of hydrogen-bond donors (Lipinski definition) is 1. The lowest BCUT2D eigenvalue weighted by Gasteiger charge is -2.09. The van der Waals surface area contributed by atoms with E-state index in [1.807, 2.05) is 0 Å². The highest BCUT2D eigenvalue weighted by Gasteiger charge is 2.12. The third-order valence-corrected chi connectivity index (χ3v) is 4.30. The van der Waals surface area contributed by atoms with E-state index in [9.17, 15) is 9.90 Å². The number of aromatic nitrogens is 1. The van der Waals surface area contributed by atoms with Crippen molar-refractivity contribution in [1.29, 1.82) is 0 Å². The van der Waals surface area contributed by atoms with Crippen LogP contribution in [0.3, 0.4) is 0 Å². The van der Waals surface area contributed by atoms with Gasteiger partial charge in [-0.2, -0.15) is 0 Å². The fourth-order valence-electron chi connectivity index (χ4n) is 2.22.